The Kier molecular flexibility index (Phi) is 4.29. The molecule has 0 unspecified atom stereocenters. The number of ether oxygens (including phenoxy) is 1. The van der Waals surface area contributed by atoms with Crippen LogP contribution in [0.4, 0.5) is 14.5 Å². The SMILES string of the molecule is NC(=O)c1c(F)ccc(OCc2nc(-c3ccc(N)cc3)no2)c1F. The molecule has 0 aliphatic carbocycles. The van der Waals surface area contributed by atoms with Crippen LogP contribution in [0.1, 0.15) is 16.2 Å². The second-order valence-corrected chi connectivity index (χ2v) is 5.02. The predicted octanol–water partition coefficient (Wildman–Crippen LogP) is 2.27. The molecule has 25 heavy (non-hydrogen) atoms. The van der Waals surface area contributed by atoms with Crippen molar-refractivity contribution in [3.63, 3.8) is 0 Å². The molecule has 0 saturated heterocycles. The number of halogens is 2. The minimum Gasteiger partial charge on any atom is -0.481 e. The minimum atomic E-state index is -1.23. The number of nitrogen functional groups attached to an aromatic ring is 1. The van der Waals surface area contributed by atoms with Gasteiger partial charge in [0.05, 0.1) is 0 Å². The molecule has 1 aromatic heterocycles. The maximum absolute atomic E-state index is 14.1. The van der Waals surface area contributed by atoms with E-state index in [4.69, 9.17) is 20.7 Å². The predicted molar refractivity (Wildman–Crippen MR) is 83.4 cm³/mol. The van der Waals surface area contributed by atoms with Crippen LogP contribution in [0.15, 0.2) is 40.9 Å². The summed E-state index contributed by atoms with van der Waals surface area (Å²) in [6, 6.07) is 8.70. The molecule has 0 aliphatic rings. The lowest BCUT2D eigenvalue weighted by Gasteiger charge is -2.07. The fourth-order valence-electron chi connectivity index (χ4n) is 2.07. The van der Waals surface area contributed by atoms with E-state index in [2.05, 4.69) is 10.1 Å². The van der Waals surface area contributed by atoms with Crippen molar-refractivity contribution in [2.75, 3.05) is 5.73 Å². The van der Waals surface area contributed by atoms with Gasteiger partial charge >= 0.3 is 0 Å². The topological polar surface area (TPSA) is 117 Å². The lowest BCUT2D eigenvalue weighted by molar-refractivity contribution is 0.0991. The highest BCUT2D eigenvalue weighted by Gasteiger charge is 2.20. The van der Waals surface area contributed by atoms with Crippen molar-refractivity contribution in [3.05, 3.63) is 59.5 Å². The third-order valence-electron chi connectivity index (χ3n) is 3.29. The van der Waals surface area contributed by atoms with Gasteiger partial charge in [0.15, 0.2) is 18.2 Å². The monoisotopic (exact) mass is 346 g/mol. The number of nitrogens with zero attached hydrogens (tertiary/aromatic N) is 2. The van der Waals surface area contributed by atoms with Crippen LogP contribution in [0, 0.1) is 11.6 Å². The van der Waals surface area contributed by atoms with Crippen LogP contribution >= 0.6 is 0 Å². The first kappa shape index (κ1) is 16.4. The molecule has 7 nitrogen and oxygen atoms in total. The molecule has 0 spiro atoms. The molecule has 0 bridgehead atoms. The summed E-state index contributed by atoms with van der Waals surface area (Å²) in [4.78, 5) is 15.2. The molecule has 2 aromatic carbocycles. The molecule has 1 amide bonds. The van der Waals surface area contributed by atoms with Gasteiger partial charge in [0.25, 0.3) is 11.8 Å². The number of amides is 1. The first-order valence-corrected chi connectivity index (χ1v) is 7.05. The van der Waals surface area contributed by atoms with Gasteiger partial charge in [0.2, 0.25) is 5.82 Å². The minimum absolute atomic E-state index is 0.0659. The Bertz CT molecular complexity index is 926. The summed E-state index contributed by atoms with van der Waals surface area (Å²) < 4.78 is 37.6. The highest BCUT2D eigenvalue weighted by Crippen LogP contribution is 2.24. The number of hydrogen-bond acceptors (Lipinski definition) is 6. The van der Waals surface area contributed by atoms with Gasteiger partial charge in [0, 0.05) is 11.3 Å². The average molecular weight is 346 g/mol. The molecule has 0 fully saturated rings. The Balaban J connectivity index is 1.76. The number of benzene rings is 2. The van der Waals surface area contributed by atoms with Crippen LogP contribution in [-0.2, 0) is 6.61 Å². The van der Waals surface area contributed by atoms with Gasteiger partial charge < -0.3 is 20.7 Å². The molecule has 0 saturated carbocycles. The number of anilines is 1. The first-order valence-electron chi connectivity index (χ1n) is 7.05. The van der Waals surface area contributed by atoms with Gasteiger partial charge in [-0.1, -0.05) is 5.16 Å². The molecule has 0 atom stereocenters. The zero-order valence-corrected chi connectivity index (χ0v) is 12.7. The molecule has 0 radical (unpaired) electrons. The van der Waals surface area contributed by atoms with E-state index >= 15 is 0 Å². The van der Waals surface area contributed by atoms with Crippen LogP contribution in [0.3, 0.4) is 0 Å². The fourth-order valence-corrected chi connectivity index (χ4v) is 2.07. The normalized spacial score (nSPS) is 10.6. The molecular weight excluding hydrogens is 334 g/mol. The zero-order valence-electron chi connectivity index (χ0n) is 12.7. The largest absolute Gasteiger partial charge is 0.481 e. The van der Waals surface area contributed by atoms with Crippen molar-refractivity contribution < 1.29 is 22.8 Å². The Hall–Kier alpha value is -3.49. The first-order chi connectivity index (χ1) is 12.0. The van der Waals surface area contributed by atoms with E-state index in [0.29, 0.717) is 17.1 Å². The number of hydrogen-bond donors (Lipinski definition) is 2. The Morgan fingerprint density at radius 3 is 2.56 bits per heavy atom. The Labute approximate surface area is 140 Å². The van der Waals surface area contributed by atoms with Gasteiger partial charge in [-0.25, -0.2) is 8.78 Å². The van der Waals surface area contributed by atoms with Crippen LogP contribution < -0.4 is 16.2 Å². The molecule has 3 aromatic rings. The van der Waals surface area contributed by atoms with E-state index in [9.17, 15) is 13.6 Å². The highest BCUT2D eigenvalue weighted by molar-refractivity contribution is 5.93. The van der Waals surface area contributed by atoms with Crippen molar-refractivity contribution in [1.82, 2.24) is 10.1 Å². The number of primary amides is 1. The van der Waals surface area contributed by atoms with Crippen LogP contribution in [0.2, 0.25) is 0 Å². The third-order valence-corrected chi connectivity index (χ3v) is 3.29. The summed E-state index contributed by atoms with van der Waals surface area (Å²) in [5.41, 5.74) is 10.9. The zero-order chi connectivity index (χ0) is 18.0. The van der Waals surface area contributed by atoms with Crippen molar-refractivity contribution in [2.24, 2.45) is 5.73 Å². The Morgan fingerprint density at radius 2 is 1.88 bits per heavy atom. The van der Waals surface area contributed by atoms with Gasteiger partial charge in [-0.3, -0.25) is 4.79 Å². The summed E-state index contributed by atoms with van der Waals surface area (Å²) in [6.45, 7) is -0.275. The maximum atomic E-state index is 14.1. The molecule has 128 valence electrons. The van der Waals surface area contributed by atoms with E-state index in [0.717, 1.165) is 12.1 Å². The van der Waals surface area contributed by atoms with E-state index in [-0.39, 0.29) is 18.2 Å². The second-order valence-electron chi connectivity index (χ2n) is 5.02. The number of nitrogens with two attached hydrogens (primary N) is 2. The summed E-state index contributed by atoms with van der Waals surface area (Å²) >= 11 is 0. The Morgan fingerprint density at radius 1 is 1.16 bits per heavy atom. The smallest absolute Gasteiger partial charge is 0.264 e. The third kappa shape index (κ3) is 3.39. The molecule has 4 N–H and O–H groups in total. The fraction of sp³-hybridized carbons (Fsp3) is 0.0625. The summed E-state index contributed by atoms with van der Waals surface area (Å²) in [6.07, 6.45) is 0. The van der Waals surface area contributed by atoms with E-state index in [1.54, 1.807) is 24.3 Å². The van der Waals surface area contributed by atoms with Crippen LogP contribution in [-0.4, -0.2) is 16.0 Å². The molecule has 0 aliphatic heterocycles. The van der Waals surface area contributed by atoms with Crippen LogP contribution in [0.25, 0.3) is 11.4 Å². The standard InChI is InChI=1S/C16H12F2N4O3/c17-10-5-6-11(14(18)13(10)15(20)23)24-7-12-21-16(22-25-12)8-1-3-9(19)4-2-8/h1-6H,7,19H2,(H2,20,23). The quantitative estimate of drug-likeness (QED) is 0.684. The number of carbonyl (C=O) groups is 1. The average Bonchev–Trinajstić information content (AvgIpc) is 3.03. The lowest BCUT2D eigenvalue weighted by Crippen LogP contribution is -2.16. The van der Waals surface area contributed by atoms with E-state index in [1.807, 2.05) is 0 Å². The molecule has 1 heterocycles. The van der Waals surface area contributed by atoms with E-state index in [1.165, 1.54) is 0 Å². The number of aromatic nitrogens is 2. The highest BCUT2D eigenvalue weighted by atomic mass is 19.1. The van der Waals surface area contributed by atoms with Gasteiger partial charge in [-0.2, -0.15) is 4.98 Å². The second kappa shape index (κ2) is 6.56. The summed E-state index contributed by atoms with van der Waals surface area (Å²) in [7, 11) is 0. The summed E-state index contributed by atoms with van der Waals surface area (Å²) in [5.74, 6) is -3.48. The van der Waals surface area contributed by atoms with Crippen molar-refractivity contribution >= 4 is 11.6 Å². The summed E-state index contributed by atoms with van der Waals surface area (Å²) in [5, 5.41) is 3.78. The van der Waals surface area contributed by atoms with Gasteiger partial charge in [-0.05, 0) is 36.4 Å². The maximum Gasteiger partial charge on any atom is 0.264 e. The molecule has 3 rings (SSSR count). The van der Waals surface area contributed by atoms with Gasteiger partial charge in [-0.15, -0.1) is 0 Å². The van der Waals surface area contributed by atoms with Crippen LogP contribution in [0.5, 0.6) is 5.75 Å². The molecule has 9 heteroatoms. The van der Waals surface area contributed by atoms with Crippen molar-refractivity contribution in [2.45, 2.75) is 6.61 Å². The van der Waals surface area contributed by atoms with E-state index < -0.39 is 23.1 Å². The van der Waals surface area contributed by atoms with Crippen molar-refractivity contribution in [1.29, 1.82) is 0 Å². The van der Waals surface area contributed by atoms with Crippen molar-refractivity contribution in [3.8, 4) is 17.1 Å². The number of carbonyl (C=O) groups excluding carboxylic acids is 1. The van der Waals surface area contributed by atoms with Gasteiger partial charge in [0.1, 0.15) is 11.4 Å². The number of rotatable bonds is 5. The lowest BCUT2D eigenvalue weighted by atomic mass is 10.1. The molecular formula is C16H12F2N4O3.